The molecule has 0 saturated heterocycles. The normalized spacial score (nSPS) is 15.0. The number of aromatic hydroxyl groups is 2. The van der Waals surface area contributed by atoms with Crippen molar-refractivity contribution < 1.29 is 10.2 Å². The first-order valence-electron chi connectivity index (χ1n) is 9.07. The van der Waals surface area contributed by atoms with Crippen LogP contribution in [-0.4, -0.2) is 23.9 Å². The van der Waals surface area contributed by atoms with Gasteiger partial charge in [-0.05, 0) is 29.8 Å². The topological polar surface area (TPSA) is 101 Å². The molecule has 1 aliphatic rings. The van der Waals surface area contributed by atoms with Gasteiger partial charge in [-0.15, -0.1) is 0 Å². The third-order valence-electron chi connectivity index (χ3n) is 5.53. The third kappa shape index (κ3) is 2.25. The van der Waals surface area contributed by atoms with Crippen LogP contribution in [0.15, 0.2) is 58.3 Å². The molecule has 146 valence electrons. The van der Waals surface area contributed by atoms with Crippen molar-refractivity contribution in [2.45, 2.75) is 6.04 Å². The number of phenols is 2. The molecule has 0 fully saturated rings. The molecule has 0 radical (unpaired) electrons. The summed E-state index contributed by atoms with van der Waals surface area (Å²) in [6.45, 7) is 0. The average Bonchev–Trinajstić information content (AvgIpc) is 3.13. The Bertz CT molecular complexity index is 1430. The van der Waals surface area contributed by atoms with Crippen LogP contribution in [0, 0.1) is 0 Å². The Balaban J connectivity index is 1.93. The van der Waals surface area contributed by atoms with Gasteiger partial charge >= 0.3 is 5.69 Å². The van der Waals surface area contributed by atoms with E-state index in [1.165, 1.54) is 23.7 Å². The Hall–Kier alpha value is -3.94. The zero-order chi connectivity index (χ0) is 20.4. The van der Waals surface area contributed by atoms with Gasteiger partial charge in [0.25, 0.3) is 5.56 Å². The number of phenolic OH excluding ortho intramolecular Hbond substituents is 2. The highest BCUT2D eigenvalue weighted by molar-refractivity contribution is 5.86. The number of aryl methyl sites for hydroxylation is 1. The molecule has 8 nitrogen and oxygen atoms in total. The van der Waals surface area contributed by atoms with Gasteiger partial charge in [0.05, 0.1) is 34.0 Å². The molecular formula is C21H18N4O4. The minimum Gasteiger partial charge on any atom is -0.504 e. The van der Waals surface area contributed by atoms with Crippen LogP contribution < -0.4 is 16.6 Å². The molecule has 0 bridgehead atoms. The Labute approximate surface area is 164 Å². The molecular weight excluding hydrogens is 372 g/mol. The summed E-state index contributed by atoms with van der Waals surface area (Å²) in [5.74, 6) is -0.457. The van der Waals surface area contributed by atoms with Crippen LogP contribution in [0.2, 0.25) is 0 Å². The van der Waals surface area contributed by atoms with Crippen molar-refractivity contribution >= 4 is 16.6 Å². The van der Waals surface area contributed by atoms with Crippen molar-refractivity contribution in [3.63, 3.8) is 0 Å². The number of para-hydroxylation sites is 2. The van der Waals surface area contributed by atoms with Crippen molar-refractivity contribution in [2.24, 2.45) is 14.1 Å². The van der Waals surface area contributed by atoms with Gasteiger partial charge in [0.1, 0.15) is 0 Å². The quantitative estimate of drug-likeness (QED) is 0.431. The molecule has 2 aromatic heterocycles. The second kappa shape index (κ2) is 5.78. The number of rotatable bonds is 1. The van der Waals surface area contributed by atoms with Crippen LogP contribution in [0.25, 0.3) is 16.6 Å². The predicted molar refractivity (Wildman–Crippen MR) is 109 cm³/mol. The van der Waals surface area contributed by atoms with E-state index in [0.717, 1.165) is 15.9 Å². The summed E-state index contributed by atoms with van der Waals surface area (Å²) in [5, 5.41) is 23.6. The highest BCUT2D eigenvalue weighted by Crippen LogP contribution is 2.41. The maximum Gasteiger partial charge on any atom is 0.331 e. The molecule has 0 spiro atoms. The van der Waals surface area contributed by atoms with Crippen LogP contribution in [-0.2, 0) is 14.1 Å². The van der Waals surface area contributed by atoms with Gasteiger partial charge in [-0.3, -0.25) is 13.9 Å². The van der Waals surface area contributed by atoms with Crippen LogP contribution in [0.3, 0.4) is 0 Å². The van der Waals surface area contributed by atoms with Crippen molar-refractivity contribution in [2.75, 3.05) is 5.32 Å². The Morgan fingerprint density at radius 2 is 1.72 bits per heavy atom. The molecule has 4 aromatic rings. The summed E-state index contributed by atoms with van der Waals surface area (Å²) in [6, 6.07) is 11.8. The smallest absolute Gasteiger partial charge is 0.331 e. The summed E-state index contributed by atoms with van der Waals surface area (Å²) < 4.78 is 4.46. The second-order valence-electron chi connectivity index (χ2n) is 7.20. The molecule has 0 amide bonds. The lowest BCUT2D eigenvalue weighted by Gasteiger charge is -2.30. The monoisotopic (exact) mass is 390 g/mol. The van der Waals surface area contributed by atoms with Gasteiger partial charge in [0.15, 0.2) is 11.5 Å². The second-order valence-corrected chi connectivity index (χ2v) is 7.20. The largest absolute Gasteiger partial charge is 0.504 e. The Morgan fingerprint density at radius 1 is 0.966 bits per heavy atom. The lowest BCUT2D eigenvalue weighted by atomic mass is 9.99. The van der Waals surface area contributed by atoms with E-state index in [9.17, 15) is 19.8 Å². The lowest BCUT2D eigenvalue weighted by molar-refractivity contribution is 0.403. The average molecular weight is 390 g/mol. The highest BCUT2D eigenvalue weighted by Gasteiger charge is 2.31. The molecule has 3 heterocycles. The maximum absolute atomic E-state index is 12.8. The van der Waals surface area contributed by atoms with Crippen molar-refractivity contribution in [1.29, 1.82) is 0 Å². The number of anilines is 1. The number of nitrogens with one attached hydrogen (secondary N) is 1. The van der Waals surface area contributed by atoms with Crippen LogP contribution in [0.5, 0.6) is 11.5 Å². The highest BCUT2D eigenvalue weighted by atomic mass is 16.3. The van der Waals surface area contributed by atoms with E-state index in [1.807, 2.05) is 28.8 Å². The van der Waals surface area contributed by atoms with E-state index in [0.29, 0.717) is 22.2 Å². The molecule has 0 unspecified atom stereocenters. The fraction of sp³-hybridized carbons (Fsp3) is 0.143. The fourth-order valence-corrected chi connectivity index (χ4v) is 4.08. The zero-order valence-electron chi connectivity index (χ0n) is 15.7. The first-order valence-corrected chi connectivity index (χ1v) is 9.07. The van der Waals surface area contributed by atoms with Crippen LogP contribution in [0.1, 0.15) is 17.3 Å². The van der Waals surface area contributed by atoms with E-state index < -0.39 is 11.7 Å². The predicted octanol–water partition coefficient (Wildman–Crippen LogP) is 1.95. The molecule has 29 heavy (non-hydrogen) atoms. The van der Waals surface area contributed by atoms with Crippen LogP contribution >= 0.6 is 0 Å². The van der Waals surface area contributed by atoms with Gasteiger partial charge in [0.2, 0.25) is 0 Å². The number of fused-ring (bicyclic) bond motifs is 5. The first kappa shape index (κ1) is 17.2. The summed E-state index contributed by atoms with van der Waals surface area (Å²) in [6.07, 6.45) is 1.75. The van der Waals surface area contributed by atoms with Gasteiger partial charge in [-0.2, -0.15) is 0 Å². The zero-order valence-corrected chi connectivity index (χ0v) is 15.7. The summed E-state index contributed by atoms with van der Waals surface area (Å²) in [4.78, 5) is 25.4. The molecule has 2 aromatic carbocycles. The Kier molecular flexibility index (Phi) is 3.42. The SMILES string of the molecule is Cn1c(=O)c2cn3c(c2n(C)c1=O)[C@H](c1ccc(O)c(O)c1)Nc1ccccc1-3. The Morgan fingerprint density at radius 3 is 2.48 bits per heavy atom. The van der Waals surface area contributed by atoms with Gasteiger partial charge in [0, 0.05) is 20.3 Å². The molecule has 1 atom stereocenters. The number of benzene rings is 2. The van der Waals surface area contributed by atoms with Crippen molar-refractivity contribution in [1.82, 2.24) is 13.7 Å². The van der Waals surface area contributed by atoms with E-state index in [1.54, 1.807) is 19.3 Å². The lowest BCUT2D eigenvalue weighted by Crippen LogP contribution is -2.37. The summed E-state index contributed by atoms with van der Waals surface area (Å²) in [7, 11) is 3.10. The number of hydrogen-bond donors (Lipinski definition) is 3. The standard InChI is InChI=1S/C21H18N4O4/c1-23-18-12(20(28)24(2)21(23)29)10-25-14-6-4-3-5-13(14)22-17(19(18)25)11-7-8-15(26)16(27)9-11/h3-10,17,22,26-27H,1-2H3/t17-/m0/s1. The van der Waals surface area contributed by atoms with Crippen molar-refractivity contribution in [3.05, 3.63) is 80.8 Å². The minimum absolute atomic E-state index is 0.216. The van der Waals surface area contributed by atoms with Crippen LogP contribution in [0.4, 0.5) is 5.69 Å². The maximum atomic E-state index is 12.8. The first-order chi connectivity index (χ1) is 13.9. The summed E-state index contributed by atoms with van der Waals surface area (Å²) in [5.41, 5.74) is 2.84. The fourth-order valence-electron chi connectivity index (χ4n) is 4.08. The number of aromatic nitrogens is 3. The molecule has 5 rings (SSSR count). The molecule has 1 aliphatic heterocycles. The van der Waals surface area contributed by atoms with E-state index >= 15 is 0 Å². The minimum atomic E-state index is -0.452. The summed E-state index contributed by atoms with van der Waals surface area (Å²) >= 11 is 0. The molecule has 3 N–H and O–H groups in total. The van der Waals surface area contributed by atoms with E-state index in [4.69, 9.17) is 0 Å². The van der Waals surface area contributed by atoms with Gasteiger partial charge in [-0.25, -0.2) is 4.79 Å². The van der Waals surface area contributed by atoms with E-state index in [-0.39, 0.29) is 17.1 Å². The van der Waals surface area contributed by atoms with Gasteiger partial charge < -0.3 is 20.1 Å². The van der Waals surface area contributed by atoms with Gasteiger partial charge in [-0.1, -0.05) is 18.2 Å². The third-order valence-corrected chi connectivity index (χ3v) is 5.53. The number of nitrogens with zero attached hydrogens (tertiary/aromatic N) is 3. The van der Waals surface area contributed by atoms with Crippen molar-refractivity contribution in [3.8, 4) is 17.2 Å². The molecule has 0 aliphatic carbocycles. The van der Waals surface area contributed by atoms with E-state index in [2.05, 4.69) is 5.32 Å². The number of hydrogen-bond acceptors (Lipinski definition) is 5. The molecule has 0 saturated carbocycles. The molecule has 8 heteroatoms.